The van der Waals surface area contributed by atoms with Crippen LogP contribution >= 0.6 is 0 Å². The van der Waals surface area contributed by atoms with E-state index in [0.717, 1.165) is 19.2 Å². The fourth-order valence-corrected chi connectivity index (χ4v) is 1.81. The van der Waals surface area contributed by atoms with Gasteiger partial charge in [-0.05, 0) is 6.07 Å². The molecule has 0 saturated carbocycles. The smallest absolute Gasteiger partial charge is 0.299 e. The molecule has 2 rings (SSSR count). The molecule has 0 atom stereocenters. The molecule has 0 radical (unpaired) electrons. The Morgan fingerprint density at radius 3 is 2.39 bits per heavy atom. The van der Waals surface area contributed by atoms with Crippen molar-refractivity contribution in [1.82, 2.24) is 5.32 Å². The number of likely N-dealkylation sites (N-methyl/N-ethyl adjacent to an activating group) is 1. The average Bonchev–Trinajstić information content (AvgIpc) is 2.25. The molecule has 18 heavy (non-hydrogen) atoms. The summed E-state index contributed by atoms with van der Waals surface area (Å²) >= 11 is 0. The van der Waals surface area contributed by atoms with Crippen molar-refractivity contribution >= 4 is 17.1 Å². The van der Waals surface area contributed by atoms with Crippen LogP contribution in [0.2, 0.25) is 0 Å². The summed E-state index contributed by atoms with van der Waals surface area (Å²) in [4.78, 5) is 22.1. The minimum atomic E-state index is -0.637. The molecule has 8 heteroatoms. The van der Waals surface area contributed by atoms with Gasteiger partial charge in [0.1, 0.15) is 5.69 Å². The second-order valence-corrected chi connectivity index (χ2v) is 4.11. The van der Waals surface area contributed by atoms with E-state index in [1.165, 1.54) is 12.1 Å². The maximum atomic E-state index is 11.0. The number of nitro groups is 2. The van der Waals surface area contributed by atoms with E-state index in [1.54, 1.807) is 11.9 Å². The zero-order valence-electron chi connectivity index (χ0n) is 9.70. The maximum Gasteiger partial charge on any atom is 0.299 e. The first-order valence-electron chi connectivity index (χ1n) is 5.37. The van der Waals surface area contributed by atoms with E-state index in [9.17, 15) is 20.2 Å². The van der Waals surface area contributed by atoms with Gasteiger partial charge in [0.25, 0.3) is 11.4 Å². The molecule has 0 aliphatic carbocycles. The van der Waals surface area contributed by atoms with Crippen molar-refractivity contribution in [3.8, 4) is 0 Å². The van der Waals surface area contributed by atoms with Crippen molar-refractivity contribution in [3.05, 3.63) is 38.4 Å². The topological polar surface area (TPSA) is 102 Å². The Bertz CT molecular complexity index is 501. The summed E-state index contributed by atoms with van der Waals surface area (Å²) in [6.45, 7) is 1.51. The minimum Gasteiger partial charge on any atom is -0.363 e. The summed E-state index contributed by atoms with van der Waals surface area (Å²) < 4.78 is 0. The lowest BCUT2D eigenvalue weighted by Gasteiger charge is -2.36. The molecule has 1 heterocycles. The second-order valence-electron chi connectivity index (χ2n) is 4.11. The zero-order chi connectivity index (χ0) is 13.3. The Morgan fingerprint density at radius 1 is 1.28 bits per heavy atom. The quantitative estimate of drug-likeness (QED) is 0.631. The Morgan fingerprint density at radius 2 is 1.94 bits per heavy atom. The summed E-state index contributed by atoms with van der Waals surface area (Å²) in [5.41, 5.74) is -0.110. The van der Waals surface area contributed by atoms with Crippen molar-refractivity contribution in [2.24, 2.45) is 0 Å². The van der Waals surface area contributed by atoms with Gasteiger partial charge >= 0.3 is 0 Å². The standard InChI is InChI=1S/C10H12N4O4/c1-12(8-5-11-6-8)9-3-2-7(13(15)16)4-10(9)14(17)18/h2-4,8,11H,5-6H2,1H3. The summed E-state index contributed by atoms with van der Waals surface area (Å²) in [6, 6.07) is 3.89. The first-order valence-corrected chi connectivity index (χ1v) is 5.37. The van der Waals surface area contributed by atoms with E-state index in [0.29, 0.717) is 5.69 Å². The lowest BCUT2D eigenvalue weighted by Crippen LogP contribution is -2.56. The van der Waals surface area contributed by atoms with Crippen molar-refractivity contribution in [1.29, 1.82) is 0 Å². The van der Waals surface area contributed by atoms with Gasteiger partial charge in [-0.2, -0.15) is 0 Å². The summed E-state index contributed by atoms with van der Waals surface area (Å²) in [5.74, 6) is 0. The summed E-state index contributed by atoms with van der Waals surface area (Å²) in [6.07, 6.45) is 0. The predicted molar refractivity (Wildman–Crippen MR) is 64.8 cm³/mol. The predicted octanol–water partition coefficient (Wildman–Crippen LogP) is 0.911. The fraction of sp³-hybridized carbons (Fsp3) is 0.400. The molecule has 0 amide bonds. The van der Waals surface area contributed by atoms with Crippen molar-refractivity contribution in [3.63, 3.8) is 0 Å². The van der Waals surface area contributed by atoms with Crippen LogP contribution in [-0.2, 0) is 0 Å². The molecule has 1 N–H and O–H groups in total. The highest BCUT2D eigenvalue weighted by Gasteiger charge is 2.28. The maximum absolute atomic E-state index is 11.0. The second kappa shape index (κ2) is 4.57. The van der Waals surface area contributed by atoms with Gasteiger partial charge in [-0.15, -0.1) is 0 Å². The third kappa shape index (κ3) is 2.09. The molecule has 0 bridgehead atoms. The highest BCUT2D eigenvalue weighted by Crippen LogP contribution is 2.32. The van der Waals surface area contributed by atoms with E-state index in [4.69, 9.17) is 0 Å². The number of hydrogen-bond acceptors (Lipinski definition) is 6. The summed E-state index contributed by atoms with van der Waals surface area (Å²) in [5, 5.41) is 24.7. The first-order chi connectivity index (χ1) is 8.50. The molecule has 0 unspecified atom stereocenters. The van der Waals surface area contributed by atoms with Crippen LogP contribution in [0.4, 0.5) is 17.1 Å². The van der Waals surface area contributed by atoms with Gasteiger partial charge in [0.05, 0.1) is 22.0 Å². The number of non-ortho nitro benzene ring substituents is 1. The van der Waals surface area contributed by atoms with Crippen LogP contribution < -0.4 is 10.2 Å². The third-order valence-corrected chi connectivity index (χ3v) is 3.05. The molecule has 1 fully saturated rings. The number of hydrogen-bond donors (Lipinski definition) is 1. The lowest BCUT2D eigenvalue weighted by atomic mass is 10.1. The number of rotatable bonds is 4. The highest BCUT2D eigenvalue weighted by atomic mass is 16.6. The molecule has 8 nitrogen and oxygen atoms in total. The molecule has 1 aliphatic heterocycles. The van der Waals surface area contributed by atoms with Crippen LogP contribution in [0, 0.1) is 20.2 Å². The highest BCUT2D eigenvalue weighted by molar-refractivity contribution is 5.67. The van der Waals surface area contributed by atoms with Crippen LogP contribution in [-0.4, -0.2) is 36.0 Å². The van der Waals surface area contributed by atoms with Gasteiger partial charge in [-0.3, -0.25) is 20.2 Å². The normalized spacial score (nSPS) is 14.9. The van der Waals surface area contributed by atoms with Crippen LogP contribution in [0.3, 0.4) is 0 Å². The number of anilines is 1. The molecule has 0 spiro atoms. The molecule has 1 aromatic rings. The molecule has 1 aromatic carbocycles. The largest absolute Gasteiger partial charge is 0.363 e. The van der Waals surface area contributed by atoms with E-state index in [2.05, 4.69) is 5.32 Å². The number of nitrogens with zero attached hydrogens (tertiary/aromatic N) is 3. The van der Waals surface area contributed by atoms with Gasteiger partial charge in [-0.1, -0.05) is 0 Å². The van der Waals surface area contributed by atoms with Gasteiger partial charge in [0, 0.05) is 26.2 Å². The van der Waals surface area contributed by atoms with Gasteiger partial charge in [0.2, 0.25) is 0 Å². The lowest BCUT2D eigenvalue weighted by molar-refractivity contribution is -0.393. The Hall–Kier alpha value is -2.22. The number of nitrogens with one attached hydrogen (secondary N) is 1. The van der Waals surface area contributed by atoms with Crippen LogP contribution in [0.5, 0.6) is 0 Å². The Kier molecular flexibility index (Phi) is 3.11. The third-order valence-electron chi connectivity index (χ3n) is 3.05. The number of benzene rings is 1. The first kappa shape index (κ1) is 12.2. The number of nitro benzene ring substituents is 2. The molecular weight excluding hydrogens is 240 g/mol. The van der Waals surface area contributed by atoms with E-state index >= 15 is 0 Å². The monoisotopic (exact) mass is 252 g/mol. The zero-order valence-corrected chi connectivity index (χ0v) is 9.70. The van der Waals surface area contributed by atoms with E-state index in [-0.39, 0.29) is 17.4 Å². The van der Waals surface area contributed by atoms with E-state index < -0.39 is 9.85 Å². The minimum absolute atomic E-state index is 0.185. The van der Waals surface area contributed by atoms with Crippen molar-refractivity contribution in [2.45, 2.75) is 6.04 Å². The Balaban J connectivity index is 2.39. The van der Waals surface area contributed by atoms with Crippen molar-refractivity contribution in [2.75, 3.05) is 25.0 Å². The van der Waals surface area contributed by atoms with Crippen LogP contribution in [0.15, 0.2) is 18.2 Å². The van der Waals surface area contributed by atoms with Gasteiger partial charge in [-0.25, -0.2) is 0 Å². The van der Waals surface area contributed by atoms with Crippen LogP contribution in [0.1, 0.15) is 0 Å². The Labute approximate surface area is 103 Å². The van der Waals surface area contributed by atoms with Crippen LogP contribution in [0.25, 0.3) is 0 Å². The molecule has 96 valence electrons. The van der Waals surface area contributed by atoms with E-state index in [1.807, 2.05) is 0 Å². The van der Waals surface area contributed by atoms with Gasteiger partial charge in [0.15, 0.2) is 0 Å². The molecular formula is C10H12N4O4. The average molecular weight is 252 g/mol. The molecule has 1 saturated heterocycles. The summed E-state index contributed by atoms with van der Waals surface area (Å²) in [7, 11) is 1.75. The molecule has 1 aliphatic rings. The fourth-order valence-electron chi connectivity index (χ4n) is 1.81. The van der Waals surface area contributed by atoms with Gasteiger partial charge < -0.3 is 10.2 Å². The molecule has 0 aromatic heterocycles. The van der Waals surface area contributed by atoms with Crippen molar-refractivity contribution < 1.29 is 9.85 Å². The SMILES string of the molecule is CN(c1ccc([N+](=O)[O-])cc1[N+](=O)[O-])C1CNC1.